The van der Waals surface area contributed by atoms with Crippen LogP contribution in [0.15, 0.2) is 0 Å². The zero-order valence-electron chi connectivity index (χ0n) is 10.2. The summed E-state index contributed by atoms with van der Waals surface area (Å²) in [5.41, 5.74) is 0. The van der Waals surface area contributed by atoms with E-state index in [4.69, 9.17) is 6.42 Å². The van der Waals surface area contributed by atoms with Crippen molar-refractivity contribution >= 4 is 5.91 Å². The second-order valence-corrected chi connectivity index (χ2v) is 4.68. The minimum absolute atomic E-state index is 0.0243. The van der Waals surface area contributed by atoms with Crippen molar-refractivity contribution in [1.82, 2.24) is 10.2 Å². The standard InChI is InChI=1S/C13H22N2O/c1-3-9-14-13(16)11-15(2)10-12-7-5-4-6-8-12/h1,12H,4-11H2,2H3,(H,14,16). The van der Waals surface area contributed by atoms with Gasteiger partial charge in [0.05, 0.1) is 13.1 Å². The van der Waals surface area contributed by atoms with Crippen molar-refractivity contribution in [1.29, 1.82) is 0 Å². The van der Waals surface area contributed by atoms with Gasteiger partial charge >= 0.3 is 0 Å². The lowest BCUT2D eigenvalue weighted by molar-refractivity contribution is -0.121. The number of nitrogens with one attached hydrogen (secondary N) is 1. The summed E-state index contributed by atoms with van der Waals surface area (Å²) >= 11 is 0. The average molecular weight is 222 g/mol. The first-order valence-corrected chi connectivity index (χ1v) is 6.11. The fourth-order valence-corrected chi connectivity index (χ4v) is 2.33. The molecule has 1 saturated carbocycles. The number of carbonyl (C=O) groups is 1. The molecule has 0 saturated heterocycles. The number of amides is 1. The maximum absolute atomic E-state index is 11.4. The highest BCUT2D eigenvalue weighted by molar-refractivity contribution is 5.78. The topological polar surface area (TPSA) is 32.3 Å². The van der Waals surface area contributed by atoms with Crippen LogP contribution in [0, 0.1) is 18.3 Å². The van der Waals surface area contributed by atoms with Gasteiger partial charge in [0.2, 0.25) is 5.91 Å². The van der Waals surface area contributed by atoms with E-state index in [9.17, 15) is 4.79 Å². The fourth-order valence-electron chi connectivity index (χ4n) is 2.33. The fraction of sp³-hybridized carbons (Fsp3) is 0.769. The molecule has 1 fully saturated rings. The number of hydrogen-bond acceptors (Lipinski definition) is 2. The van der Waals surface area contributed by atoms with Crippen molar-refractivity contribution in [3.63, 3.8) is 0 Å². The molecule has 0 aromatic carbocycles. The number of carbonyl (C=O) groups excluding carboxylic acids is 1. The summed E-state index contributed by atoms with van der Waals surface area (Å²) in [5, 5.41) is 2.68. The third-order valence-corrected chi connectivity index (χ3v) is 3.10. The van der Waals surface area contributed by atoms with Crippen LogP contribution in [0.2, 0.25) is 0 Å². The zero-order chi connectivity index (χ0) is 11.8. The van der Waals surface area contributed by atoms with Crippen molar-refractivity contribution in [2.75, 3.05) is 26.7 Å². The quantitative estimate of drug-likeness (QED) is 0.710. The van der Waals surface area contributed by atoms with E-state index < -0.39 is 0 Å². The highest BCUT2D eigenvalue weighted by Gasteiger charge is 2.16. The Balaban J connectivity index is 2.16. The Bertz CT molecular complexity index is 251. The Morgan fingerprint density at radius 3 is 2.75 bits per heavy atom. The first-order valence-electron chi connectivity index (χ1n) is 6.11. The Hall–Kier alpha value is -1.01. The molecular formula is C13H22N2O. The molecule has 3 heteroatoms. The summed E-state index contributed by atoms with van der Waals surface area (Å²) in [5.74, 6) is 3.20. The summed E-state index contributed by atoms with van der Waals surface area (Å²) in [6, 6.07) is 0. The van der Waals surface area contributed by atoms with E-state index >= 15 is 0 Å². The maximum atomic E-state index is 11.4. The van der Waals surface area contributed by atoms with Gasteiger partial charge in [-0.3, -0.25) is 9.69 Å². The molecule has 1 aliphatic carbocycles. The van der Waals surface area contributed by atoms with Crippen LogP contribution in [0.3, 0.4) is 0 Å². The summed E-state index contributed by atoms with van der Waals surface area (Å²) < 4.78 is 0. The molecule has 0 radical (unpaired) electrons. The van der Waals surface area contributed by atoms with Crippen LogP contribution in [0.5, 0.6) is 0 Å². The molecule has 1 rings (SSSR count). The molecule has 90 valence electrons. The van der Waals surface area contributed by atoms with Gasteiger partial charge in [0.1, 0.15) is 0 Å². The van der Waals surface area contributed by atoms with Crippen molar-refractivity contribution < 1.29 is 4.79 Å². The van der Waals surface area contributed by atoms with E-state index in [0.717, 1.165) is 12.5 Å². The third kappa shape index (κ3) is 5.18. The second kappa shape index (κ2) is 7.29. The molecule has 0 aromatic heterocycles. The monoisotopic (exact) mass is 222 g/mol. The lowest BCUT2D eigenvalue weighted by Gasteiger charge is -2.26. The summed E-state index contributed by atoms with van der Waals surface area (Å²) in [7, 11) is 2.00. The molecule has 3 nitrogen and oxygen atoms in total. The largest absolute Gasteiger partial charge is 0.344 e. The van der Waals surface area contributed by atoms with Crippen molar-refractivity contribution in [3.8, 4) is 12.3 Å². The molecule has 0 spiro atoms. The van der Waals surface area contributed by atoms with Gasteiger partial charge in [-0.2, -0.15) is 0 Å². The Morgan fingerprint density at radius 2 is 2.12 bits per heavy atom. The number of nitrogens with zero attached hydrogens (tertiary/aromatic N) is 1. The van der Waals surface area contributed by atoms with Crippen LogP contribution in [-0.4, -0.2) is 37.5 Å². The minimum atomic E-state index is 0.0243. The molecule has 1 N–H and O–H groups in total. The molecule has 0 heterocycles. The van der Waals surface area contributed by atoms with Gasteiger partial charge in [0.15, 0.2) is 0 Å². The van der Waals surface area contributed by atoms with E-state index in [-0.39, 0.29) is 5.91 Å². The Kier molecular flexibility index (Phi) is 5.95. The average Bonchev–Trinajstić information content (AvgIpc) is 2.27. The molecule has 0 aliphatic heterocycles. The van der Waals surface area contributed by atoms with Gasteiger partial charge < -0.3 is 5.32 Å². The lowest BCUT2D eigenvalue weighted by Crippen LogP contribution is -2.37. The van der Waals surface area contributed by atoms with E-state index in [1.54, 1.807) is 0 Å². The van der Waals surface area contributed by atoms with Gasteiger partial charge in [-0.15, -0.1) is 6.42 Å². The number of rotatable bonds is 5. The highest BCUT2D eigenvalue weighted by atomic mass is 16.1. The van der Waals surface area contributed by atoms with Gasteiger partial charge in [0.25, 0.3) is 0 Å². The normalized spacial score (nSPS) is 17.1. The first kappa shape index (κ1) is 13.1. The number of terminal acetylenes is 1. The molecule has 1 aliphatic rings. The maximum Gasteiger partial charge on any atom is 0.234 e. The van der Waals surface area contributed by atoms with Crippen molar-refractivity contribution in [2.24, 2.45) is 5.92 Å². The summed E-state index contributed by atoms with van der Waals surface area (Å²) in [6.45, 7) is 1.82. The van der Waals surface area contributed by atoms with E-state index in [2.05, 4.69) is 16.1 Å². The van der Waals surface area contributed by atoms with Gasteiger partial charge in [0, 0.05) is 6.54 Å². The summed E-state index contributed by atoms with van der Waals surface area (Å²) in [6.07, 6.45) is 11.8. The van der Waals surface area contributed by atoms with Crippen molar-refractivity contribution in [2.45, 2.75) is 32.1 Å². The number of hydrogen-bond donors (Lipinski definition) is 1. The minimum Gasteiger partial charge on any atom is -0.344 e. The van der Waals surface area contributed by atoms with Crippen molar-refractivity contribution in [3.05, 3.63) is 0 Å². The van der Waals surface area contributed by atoms with Gasteiger partial charge in [-0.1, -0.05) is 25.2 Å². The predicted octanol–water partition coefficient (Wildman–Crippen LogP) is 1.25. The van der Waals surface area contributed by atoms with Crippen LogP contribution in [0.25, 0.3) is 0 Å². The van der Waals surface area contributed by atoms with Gasteiger partial charge in [-0.25, -0.2) is 0 Å². The first-order chi connectivity index (χ1) is 7.72. The van der Waals surface area contributed by atoms with Crippen LogP contribution >= 0.6 is 0 Å². The molecule has 0 unspecified atom stereocenters. The van der Waals surface area contributed by atoms with Crippen LogP contribution in [-0.2, 0) is 4.79 Å². The lowest BCUT2D eigenvalue weighted by atomic mass is 9.89. The zero-order valence-corrected chi connectivity index (χ0v) is 10.2. The van der Waals surface area contributed by atoms with Crippen LogP contribution in [0.1, 0.15) is 32.1 Å². The van der Waals surface area contributed by atoms with E-state index in [0.29, 0.717) is 13.1 Å². The van der Waals surface area contributed by atoms with Crippen LogP contribution < -0.4 is 5.32 Å². The third-order valence-electron chi connectivity index (χ3n) is 3.10. The molecule has 0 atom stereocenters. The molecule has 0 bridgehead atoms. The summed E-state index contributed by atoms with van der Waals surface area (Å²) in [4.78, 5) is 13.5. The molecule has 0 aromatic rings. The van der Waals surface area contributed by atoms with E-state index in [1.165, 1.54) is 32.1 Å². The molecule has 1 amide bonds. The smallest absolute Gasteiger partial charge is 0.234 e. The Labute approximate surface area is 98.6 Å². The molecular weight excluding hydrogens is 200 g/mol. The van der Waals surface area contributed by atoms with Crippen LogP contribution in [0.4, 0.5) is 0 Å². The van der Waals surface area contributed by atoms with E-state index in [1.807, 2.05) is 7.05 Å². The number of likely N-dealkylation sites (N-methyl/N-ethyl adjacent to an activating group) is 1. The Morgan fingerprint density at radius 1 is 1.44 bits per heavy atom. The SMILES string of the molecule is C#CCNC(=O)CN(C)CC1CCCCC1. The van der Waals surface area contributed by atoms with Gasteiger partial charge in [-0.05, 0) is 25.8 Å². The predicted molar refractivity (Wildman–Crippen MR) is 65.9 cm³/mol. The highest BCUT2D eigenvalue weighted by Crippen LogP contribution is 2.23. The second-order valence-electron chi connectivity index (χ2n) is 4.68. The molecule has 16 heavy (non-hydrogen) atoms.